The molecular weight excluding hydrogens is 478 g/mol. The number of hydrogen-bond donors (Lipinski definition) is 2. The largest absolute Gasteiger partial charge is 0.379 e. The number of morpholine rings is 1. The molecule has 0 radical (unpaired) electrons. The fourth-order valence-corrected chi connectivity index (χ4v) is 5.76. The Bertz CT molecular complexity index is 1150. The van der Waals surface area contributed by atoms with Gasteiger partial charge in [-0.25, -0.2) is 16.8 Å². The molecule has 9 nitrogen and oxygen atoms in total. The van der Waals surface area contributed by atoms with Crippen LogP contribution < -0.4 is 10.0 Å². The lowest BCUT2D eigenvalue weighted by molar-refractivity contribution is -0.122. The minimum atomic E-state index is -3.89. The maximum atomic E-state index is 12.7. The summed E-state index contributed by atoms with van der Waals surface area (Å²) in [6, 6.07) is 10.8. The van der Waals surface area contributed by atoms with E-state index >= 15 is 0 Å². The molecule has 12 heteroatoms. The lowest BCUT2D eigenvalue weighted by Gasteiger charge is -2.26. The second kappa shape index (κ2) is 10.3. The van der Waals surface area contributed by atoms with Crippen molar-refractivity contribution in [1.29, 1.82) is 0 Å². The molecule has 1 amide bonds. The van der Waals surface area contributed by atoms with E-state index < -0.39 is 32.0 Å². The molecule has 3 rings (SSSR count). The predicted octanol–water partition coefficient (Wildman–Crippen LogP) is 1.34. The van der Waals surface area contributed by atoms with Crippen molar-refractivity contribution in [2.75, 3.05) is 26.3 Å². The first kappa shape index (κ1) is 24.6. The fraction of sp³-hybridized carbons (Fsp3) is 0.350. The number of benzene rings is 2. The summed E-state index contributed by atoms with van der Waals surface area (Å²) < 4.78 is 59.0. The standard InChI is InChI=1S/C20H24ClN3O6S2/c1-15(23-31(26,27)18-8-4-17(21)5-9-18)20(25)22-14-16-2-6-19(7-3-16)32(28,29)24-10-12-30-13-11-24/h2-9,15,23H,10-14H2,1H3,(H,22,25)/t15-/m0/s1. The van der Waals surface area contributed by atoms with Gasteiger partial charge in [0.25, 0.3) is 0 Å². The van der Waals surface area contributed by atoms with E-state index in [0.29, 0.717) is 36.9 Å². The number of rotatable bonds is 8. The van der Waals surface area contributed by atoms with E-state index in [1.165, 1.54) is 47.6 Å². The third kappa shape index (κ3) is 6.06. The number of carbonyl (C=O) groups is 1. The molecule has 1 fully saturated rings. The van der Waals surface area contributed by atoms with Gasteiger partial charge in [-0.05, 0) is 48.9 Å². The molecule has 0 unspecified atom stereocenters. The Morgan fingerprint density at radius 3 is 2.16 bits per heavy atom. The molecule has 2 N–H and O–H groups in total. The van der Waals surface area contributed by atoms with Gasteiger partial charge in [-0.15, -0.1) is 0 Å². The highest BCUT2D eigenvalue weighted by Crippen LogP contribution is 2.18. The number of nitrogens with one attached hydrogen (secondary N) is 2. The molecule has 0 bridgehead atoms. The molecular formula is C20H24ClN3O6S2. The molecule has 1 aliphatic rings. The van der Waals surface area contributed by atoms with E-state index in [4.69, 9.17) is 16.3 Å². The Balaban J connectivity index is 1.56. The SMILES string of the molecule is C[C@H](NS(=O)(=O)c1ccc(Cl)cc1)C(=O)NCc1ccc(S(=O)(=O)N2CCOCC2)cc1. The molecule has 32 heavy (non-hydrogen) atoms. The zero-order valence-corrected chi connectivity index (χ0v) is 19.7. The average molecular weight is 502 g/mol. The van der Waals surface area contributed by atoms with E-state index in [0.717, 1.165) is 0 Å². The van der Waals surface area contributed by atoms with Crippen LogP contribution in [0.4, 0.5) is 0 Å². The Labute approximate surface area is 192 Å². The van der Waals surface area contributed by atoms with Crippen LogP contribution in [0.2, 0.25) is 5.02 Å². The summed E-state index contributed by atoms with van der Waals surface area (Å²) in [6.45, 7) is 2.89. The van der Waals surface area contributed by atoms with E-state index in [9.17, 15) is 21.6 Å². The Morgan fingerprint density at radius 2 is 1.56 bits per heavy atom. The quantitative estimate of drug-likeness (QED) is 0.563. The van der Waals surface area contributed by atoms with Crippen LogP contribution in [0.15, 0.2) is 58.3 Å². The summed E-state index contributed by atoms with van der Waals surface area (Å²) in [5.41, 5.74) is 0.673. The van der Waals surface area contributed by atoms with Gasteiger partial charge in [0.15, 0.2) is 0 Å². The highest BCUT2D eigenvalue weighted by atomic mass is 35.5. The third-order valence-electron chi connectivity index (χ3n) is 4.85. The summed E-state index contributed by atoms with van der Waals surface area (Å²) in [5.74, 6) is -0.521. The molecule has 1 aliphatic heterocycles. The first-order chi connectivity index (χ1) is 15.1. The molecule has 0 aliphatic carbocycles. The van der Waals surface area contributed by atoms with Crippen molar-refractivity contribution < 1.29 is 26.4 Å². The normalized spacial score (nSPS) is 16.4. The zero-order valence-electron chi connectivity index (χ0n) is 17.3. The highest BCUT2D eigenvalue weighted by molar-refractivity contribution is 7.89. The second-order valence-corrected chi connectivity index (χ2v) is 11.3. The van der Waals surface area contributed by atoms with Gasteiger partial charge in [-0.3, -0.25) is 4.79 Å². The molecule has 1 saturated heterocycles. The molecule has 0 spiro atoms. The summed E-state index contributed by atoms with van der Waals surface area (Å²) in [6.07, 6.45) is 0. The van der Waals surface area contributed by atoms with Crippen LogP contribution in [-0.2, 0) is 36.1 Å². The van der Waals surface area contributed by atoms with Crippen LogP contribution in [-0.4, -0.2) is 59.4 Å². The number of amides is 1. The van der Waals surface area contributed by atoms with E-state index in [2.05, 4.69) is 10.0 Å². The summed E-state index contributed by atoms with van der Waals surface area (Å²) >= 11 is 5.77. The number of sulfonamides is 2. The Kier molecular flexibility index (Phi) is 7.91. The van der Waals surface area contributed by atoms with E-state index in [1.807, 2.05) is 0 Å². The van der Waals surface area contributed by atoms with E-state index in [-0.39, 0.29) is 16.3 Å². The second-order valence-electron chi connectivity index (χ2n) is 7.18. The first-order valence-electron chi connectivity index (χ1n) is 9.82. The van der Waals surface area contributed by atoms with Crippen molar-refractivity contribution in [3.63, 3.8) is 0 Å². The number of halogens is 1. The van der Waals surface area contributed by atoms with Gasteiger partial charge >= 0.3 is 0 Å². The summed E-state index contributed by atoms with van der Waals surface area (Å²) in [4.78, 5) is 12.5. The van der Waals surface area contributed by atoms with Gasteiger partial charge in [-0.1, -0.05) is 23.7 Å². The lowest BCUT2D eigenvalue weighted by Crippen LogP contribution is -2.44. The van der Waals surface area contributed by atoms with Crippen LogP contribution in [0.3, 0.4) is 0 Å². The number of carbonyl (C=O) groups excluding carboxylic acids is 1. The Morgan fingerprint density at radius 1 is 1.00 bits per heavy atom. The predicted molar refractivity (Wildman–Crippen MR) is 119 cm³/mol. The summed E-state index contributed by atoms with van der Waals surface area (Å²) in [5, 5.41) is 3.04. The lowest BCUT2D eigenvalue weighted by atomic mass is 10.2. The van der Waals surface area contributed by atoms with Crippen molar-refractivity contribution in [2.24, 2.45) is 0 Å². The van der Waals surface area contributed by atoms with Crippen molar-refractivity contribution in [1.82, 2.24) is 14.3 Å². The smallest absolute Gasteiger partial charge is 0.243 e. The van der Waals surface area contributed by atoms with Crippen LogP contribution in [0.1, 0.15) is 12.5 Å². The Hall–Kier alpha value is -2.02. The first-order valence-corrected chi connectivity index (χ1v) is 13.1. The fourth-order valence-electron chi connectivity index (χ4n) is 3.03. The number of ether oxygens (including phenoxy) is 1. The third-order valence-corrected chi connectivity index (χ3v) is 8.57. The monoisotopic (exact) mass is 501 g/mol. The molecule has 0 saturated carbocycles. The average Bonchev–Trinajstić information content (AvgIpc) is 2.78. The topological polar surface area (TPSA) is 122 Å². The van der Waals surface area contributed by atoms with Crippen LogP contribution in [0.25, 0.3) is 0 Å². The molecule has 2 aromatic carbocycles. The van der Waals surface area contributed by atoms with Crippen molar-refractivity contribution in [3.05, 3.63) is 59.1 Å². The van der Waals surface area contributed by atoms with Crippen molar-refractivity contribution in [2.45, 2.75) is 29.3 Å². The molecule has 1 atom stereocenters. The van der Waals surface area contributed by atoms with Gasteiger partial charge < -0.3 is 10.1 Å². The highest BCUT2D eigenvalue weighted by Gasteiger charge is 2.26. The van der Waals surface area contributed by atoms with Gasteiger partial charge in [0, 0.05) is 24.7 Å². The molecule has 174 valence electrons. The van der Waals surface area contributed by atoms with Crippen molar-refractivity contribution >= 4 is 37.6 Å². The molecule has 1 heterocycles. The minimum absolute atomic E-state index is 0.00128. The number of hydrogen-bond acceptors (Lipinski definition) is 6. The van der Waals surface area contributed by atoms with Crippen LogP contribution in [0.5, 0.6) is 0 Å². The van der Waals surface area contributed by atoms with Crippen molar-refractivity contribution in [3.8, 4) is 0 Å². The van der Waals surface area contributed by atoms with Gasteiger partial charge in [0.05, 0.1) is 29.0 Å². The zero-order chi connectivity index (χ0) is 23.4. The maximum Gasteiger partial charge on any atom is 0.243 e. The molecule has 0 aromatic heterocycles. The van der Waals surface area contributed by atoms with Gasteiger partial charge in [0.1, 0.15) is 0 Å². The van der Waals surface area contributed by atoms with Gasteiger partial charge in [-0.2, -0.15) is 9.03 Å². The van der Waals surface area contributed by atoms with Crippen LogP contribution in [0, 0.1) is 0 Å². The summed E-state index contributed by atoms with van der Waals surface area (Å²) in [7, 11) is -7.48. The van der Waals surface area contributed by atoms with Gasteiger partial charge in [0.2, 0.25) is 26.0 Å². The molecule has 2 aromatic rings. The minimum Gasteiger partial charge on any atom is -0.379 e. The van der Waals surface area contributed by atoms with Crippen LogP contribution >= 0.6 is 11.6 Å². The van der Waals surface area contributed by atoms with E-state index in [1.54, 1.807) is 12.1 Å². The maximum absolute atomic E-state index is 12.7. The number of nitrogens with zero attached hydrogens (tertiary/aromatic N) is 1.